The van der Waals surface area contributed by atoms with Crippen molar-refractivity contribution in [2.45, 2.75) is 47.0 Å². The Hall–Kier alpha value is -1.21. The van der Waals surface area contributed by atoms with Crippen LogP contribution in [0.1, 0.15) is 43.2 Å². The molecule has 1 radical (unpaired) electrons. The topological polar surface area (TPSA) is 13.1 Å². The van der Waals surface area contributed by atoms with Crippen molar-refractivity contribution in [3.63, 3.8) is 0 Å². The molecule has 0 unspecified atom stereocenters. The van der Waals surface area contributed by atoms with E-state index in [1.165, 1.54) is 38.6 Å². The molecular formula is C26H27Cl2OZr. The van der Waals surface area contributed by atoms with Crippen LogP contribution >= 0.6 is 0 Å². The summed E-state index contributed by atoms with van der Waals surface area (Å²) in [5, 5.41) is 2.57. The summed E-state index contributed by atoms with van der Waals surface area (Å²) in [6.07, 6.45) is 0. The molecule has 0 bridgehead atoms. The molecule has 30 heavy (non-hydrogen) atoms. The van der Waals surface area contributed by atoms with E-state index in [0.29, 0.717) is 0 Å². The predicted molar refractivity (Wildman–Crippen MR) is 116 cm³/mol. The van der Waals surface area contributed by atoms with Gasteiger partial charge in [-0.2, -0.15) is 0 Å². The number of hydrogen-bond donors (Lipinski definition) is 0. The summed E-state index contributed by atoms with van der Waals surface area (Å²) in [4.78, 5) is 0. The van der Waals surface area contributed by atoms with Crippen LogP contribution in [0.25, 0.3) is 33.2 Å². The molecule has 0 amide bonds. The second-order valence-corrected chi connectivity index (χ2v) is 8.68. The van der Waals surface area contributed by atoms with Crippen LogP contribution in [0.15, 0.2) is 59.0 Å². The molecule has 1 nitrogen and oxygen atoms in total. The van der Waals surface area contributed by atoms with Crippen LogP contribution in [0, 0.1) is 20.8 Å². The van der Waals surface area contributed by atoms with Crippen LogP contribution in [-0.2, 0) is 31.6 Å². The summed E-state index contributed by atoms with van der Waals surface area (Å²) >= 11 is 0. The summed E-state index contributed by atoms with van der Waals surface area (Å²) in [5.74, 6) is 1.88. The first kappa shape index (κ1) is 26.8. The van der Waals surface area contributed by atoms with Gasteiger partial charge in [0.05, 0.1) is 11.5 Å². The van der Waals surface area contributed by atoms with E-state index in [0.717, 1.165) is 17.1 Å². The van der Waals surface area contributed by atoms with Gasteiger partial charge < -0.3 is 29.2 Å². The van der Waals surface area contributed by atoms with Gasteiger partial charge in [0.15, 0.2) is 0 Å². The summed E-state index contributed by atoms with van der Waals surface area (Å²) in [7, 11) is 0. The van der Waals surface area contributed by atoms with Gasteiger partial charge in [0.1, 0.15) is 0 Å². The Morgan fingerprint density at radius 1 is 0.833 bits per heavy atom. The molecule has 1 heterocycles. The summed E-state index contributed by atoms with van der Waals surface area (Å²) < 4.78 is 5.86. The summed E-state index contributed by atoms with van der Waals surface area (Å²) in [6.45, 7) is 13.2. The molecule has 0 atom stereocenters. The van der Waals surface area contributed by atoms with Gasteiger partial charge in [0.2, 0.25) is 0 Å². The Kier molecular flexibility index (Phi) is 8.89. The van der Waals surface area contributed by atoms with E-state index in [4.69, 9.17) is 4.42 Å². The molecule has 4 heteroatoms. The molecule has 0 aliphatic rings. The maximum Gasteiger partial charge on any atom is 3.00 e. The number of fused-ring (bicyclic) bond motifs is 1. The maximum absolute atomic E-state index is 5.86. The van der Waals surface area contributed by atoms with Crippen LogP contribution < -0.4 is 24.8 Å². The zero-order valence-corrected chi connectivity index (χ0v) is 22.3. The largest absolute Gasteiger partial charge is 3.00 e. The molecule has 0 spiro atoms. The fourth-order valence-electron chi connectivity index (χ4n) is 3.84. The average molecular weight is 518 g/mol. The van der Waals surface area contributed by atoms with E-state index in [1.54, 1.807) is 0 Å². The van der Waals surface area contributed by atoms with E-state index in [-0.39, 0.29) is 56.4 Å². The van der Waals surface area contributed by atoms with Crippen molar-refractivity contribution in [3.05, 3.63) is 77.0 Å². The average Bonchev–Trinajstić information content (AvgIpc) is 3.21. The Bertz CT molecular complexity index is 1130. The molecule has 0 saturated heterocycles. The van der Waals surface area contributed by atoms with Crippen LogP contribution in [0.3, 0.4) is 0 Å². The second kappa shape index (κ2) is 9.94. The van der Waals surface area contributed by atoms with Crippen molar-refractivity contribution in [2.24, 2.45) is 0 Å². The van der Waals surface area contributed by atoms with Crippen molar-refractivity contribution in [1.29, 1.82) is 0 Å². The van der Waals surface area contributed by atoms with E-state index in [9.17, 15) is 0 Å². The van der Waals surface area contributed by atoms with Gasteiger partial charge in [0, 0.05) is 0 Å². The van der Waals surface area contributed by atoms with Gasteiger partial charge in [-0.25, -0.2) is 0 Å². The van der Waals surface area contributed by atoms with Crippen LogP contribution in [0.2, 0.25) is 0 Å². The number of hydrogen-bond acceptors (Lipinski definition) is 1. The molecule has 4 rings (SSSR count). The number of halogens is 2. The minimum atomic E-state index is 0. The third-order valence-electron chi connectivity index (χ3n) is 5.59. The first-order valence-electron chi connectivity index (χ1n) is 9.62. The molecule has 0 aliphatic heterocycles. The molecular weight excluding hydrogens is 490 g/mol. The summed E-state index contributed by atoms with van der Waals surface area (Å²) in [6, 6.07) is 20.0. The minimum absolute atomic E-state index is 0. The number of benzene rings is 2. The quantitative estimate of drug-likeness (QED) is 0.369. The van der Waals surface area contributed by atoms with Crippen molar-refractivity contribution in [3.8, 4) is 22.5 Å². The van der Waals surface area contributed by atoms with Crippen LogP contribution in [-0.4, -0.2) is 0 Å². The van der Waals surface area contributed by atoms with E-state index in [2.05, 4.69) is 83.1 Å². The van der Waals surface area contributed by atoms with Crippen molar-refractivity contribution in [2.75, 3.05) is 0 Å². The smallest absolute Gasteiger partial charge is 1.00 e. The Morgan fingerprint density at radius 2 is 1.47 bits per heavy atom. The SMILES string of the molecule is Cc1ccc(-c2cc3c(-c4ccc(C(C)(C)C)cc4)c(C)c(C)cc3[cH-]2)o1.[Cl-].[Cl-].[Zr+3]. The second-order valence-electron chi connectivity index (χ2n) is 8.68. The third kappa shape index (κ3) is 4.99. The van der Waals surface area contributed by atoms with Gasteiger partial charge in [0.25, 0.3) is 0 Å². The van der Waals surface area contributed by atoms with E-state index >= 15 is 0 Å². The molecule has 0 saturated carbocycles. The first-order valence-corrected chi connectivity index (χ1v) is 9.62. The molecule has 0 N–H and O–H groups in total. The third-order valence-corrected chi connectivity index (χ3v) is 5.59. The van der Waals surface area contributed by atoms with Gasteiger partial charge >= 0.3 is 26.2 Å². The van der Waals surface area contributed by atoms with Gasteiger partial charge in [-0.1, -0.05) is 61.7 Å². The Morgan fingerprint density at radius 3 is 2.00 bits per heavy atom. The summed E-state index contributed by atoms with van der Waals surface area (Å²) in [5.41, 5.74) is 7.96. The minimum Gasteiger partial charge on any atom is -1.00 e. The van der Waals surface area contributed by atoms with Gasteiger partial charge in [-0.05, 0) is 55.0 Å². The van der Waals surface area contributed by atoms with Gasteiger partial charge in [-0.3, -0.25) is 0 Å². The molecule has 0 fully saturated rings. The number of furan rings is 1. The molecule has 3 aromatic carbocycles. The maximum atomic E-state index is 5.86. The standard InChI is InChI=1S/C26H27O.2ClH.Zr/c1-16-13-20-14-21(24-12-7-17(2)27-24)15-23(20)25(18(16)3)19-8-10-22(11-9-19)26(4,5)6;;;/h7-15H,1-6H3;2*1H;/q-1;;;+3/p-2. The van der Waals surface area contributed by atoms with Crippen molar-refractivity contribution >= 4 is 10.8 Å². The molecule has 4 aromatic rings. The zero-order valence-electron chi connectivity index (χ0n) is 18.4. The monoisotopic (exact) mass is 515 g/mol. The predicted octanol–water partition coefficient (Wildman–Crippen LogP) is 1.71. The van der Waals surface area contributed by atoms with Crippen molar-refractivity contribution in [1.82, 2.24) is 0 Å². The number of aryl methyl sites for hydroxylation is 2. The fourth-order valence-corrected chi connectivity index (χ4v) is 3.84. The fraction of sp³-hybridized carbons (Fsp3) is 0.269. The Balaban J connectivity index is 0.00000150. The first-order chi connectivity index (χ1) is 12.7. The zero-order chi connectivity index (χ0) is 19.3. The molecule has 155 valence electrons. The number of rotatable bonds is 2. The molecule has 0 aliphatic carbocycles. The normalized spacial score (nSPS) is 10.9. The Labute approximate surface area is 211 Å². The van der Waals surface area contributed by atoms with Crippen molar-refractivity contribution < 1.29 is 55.4 Å². The molecule has 1 aromatic heterocycles. The van der Waals surface area contributed by atoms with Crippen LogP contribution in [0.4, 0.5) is 0 Å². The van der Waals surface area contributed by atoms with Gasteiger partial charge in [-0.15, -0.1) is 29.0 Å². The van der Waals surface area contributed by atoms with E-state index in [1.807, 2.05) is 13.0 Å². The van der Waals surface area contributed by atoms with Crippen LogP contribution in [0.5, 0.6) is 0 Å². The van der Waals surface area contributed by atoms with E-state index < -0.39 is 0 Å².